The molecule has 10 nitrogen and oxygen atoms in total. The molecule has 0 amide bonds. The van der Waals surface area contributed by atoms with Gasteiger partial charge < -0.3 is 14.9 Å². The van der Waals surface area contributed by atoms with Crippen LogP contribution in [0.3, 0.4) is 0 Å². The average Bonchev–Trinajstić information content (AvgIpc) is 2.87. The standard InChI is InChI=1S/C12H17N5O5/c1-7-5-17(10-4-8(19)9(6-18)22-10)12(21)16(11(7)20)3-2-14-15-13/h5,8-10,18-19H,2-4,6H2,1H3/t8-,9+,10+/m0/s1. The number of hydrogen-bond acceptors (Lipinski definition) is 6. The normalized spacial score (nSPS) is 24.2. The molecule has 22 heavy (non-hydrogen) atoms. The van der Waals surface area contributed by atoms with E-state index in [9.17, 15) is 14.7 Å². The van der Waals surface area contributed by atoms with Crippen molar-refractivity contribution in [2.45, 2.75) is 38.3 Å². The molecule has 1 aliphatic rings. The lowest BCUT2D eigenvalue weighted by Gasteiger charge is -2.17. The molecule has 1 aromatic heterocycles. The van der Waals surface area contributed by atoms with E-state index in [-0.39, 0.29) is 26.1 Å². The van der Waals surface area contributed by atoms with Crippen molar-refractivity contribution in [2.75, 3.05) is 13.2 Å². The smallest absolute Gasteiger partial charge is 0.333 e. The van der Waals surface area contributed by atoms with Gasteiger partial charge in [0.25, 0.3) is 5.56 Å². The summed E-state index contributed by atoms with van der Waals surface area (Å²) in [6.07, 6.45) is -0.901. The van der Waals surface area contributed by atoms with Gasteiger partial charge in [-0.25, -0.2) is 4.79 Å². The van der Waals surface area contributed by atoms with Crippen LogP contribution < -0.4 is 11.2 Å². The molecule has 3 atom stereocenters. The summed E-state index contributed by atoms with van der Waals surface area (Å²) in [7, 11) is 0. The first kappa shape index (κ1) is 16.2. The van der Waals surface area contributed by atoms with Crippen LogP contribution >= 0.6 is 0 Å². The summed E-state index contributed by atoms with van der Waals surface area (Å²) in [4.78, 5) is 27.0. The monoisotopic (exact) mass is 311 g/mol. The molecule has 1 aliphatic heterocycles. The topological polar surface area (TPSA) is 142 Å². The van der Waals surface area contributed by atoms with Gasteiger partial charge in [0.05, 0.1) is 12.7 Å². The Balaban J connectivity index is 2.39. The summed E-state index contributed by atoms with van der Waals surface area (Å²) in [6, 6.07) is 0. The number of ether oxygens (including phenoxy) is 1. The predicted molar refractivity (Wildman–Crippen MR) is 75.3 cm³/mol. The molecular weight excluding hydrogens is 294 g/mol. The number of aliphatic hydroxyl groups excluding tert-OH is 2. The van der Waals surface area contributed by atoms with Gasteiger partial charge in [0.2, 0.25) is 0 Å². The Kier molecular flexibility index (Phi) is 4.99. The summed E-state index contributed by atoms with van der Waals surface area (Å²) in [5.74, 6) is 0. The van der Waals surface area contributed by atoms with E-state index in [1.807, 2.05) is 0 Å². The maximum Gasteiger partial charge on any atom is 0.333 e. The number of aliphatic hydroxyl groups is 2. The van der Waals surface area contributed by atoms with Gasteiger partial charge in [-0.2, -0.15) is 0 Å². The molecule has 1 fully saturated rings. The lowest BCUT2D eigenvalue weighted by atomic mass is 10.2. The van der Waals surface area contributed by atoms with Crippen LogP contribution in [-0.4, -0.2) is 44.7 Å². The fourth-order valence-electron chi connectivity index (χ4n) is 2.40. The first-order valence-corrected chi connectivity index (χ1v) is 6.77. The number of hydrogen-bond donors (Lipinski definition) is 2. The van der Waals surface area contributed by atoms with Gasteiger partial charge in [-0.1, -0.05) is 5.11 Å². The second kappa shape index (κ2) is 6.75. The molecule has 10 heteroatoms. The van der Waals surface area contributed by atoms with Crippen molar-refractivity contribution in [3.05, 3.63) is 43.0 Å². The average molecular weight is 311 g/mol. The minimum Gasteiger partial charge on any atom is -0.394 e. The van der Waals surface area contributed by atoms with Crippen molar-refractivity contribution in [3.63, 3.8) is 0 Å². The maximum atomic E-state index is 12.4. The van der Waals surface area contributed by atoms with Crippen molar-refractivity contribution in [1.29, 1.82) is 0 Å². The molecule has 2 heterocycles. The highest BCUT2D eigenvalue weighted by atomic mass is 16.5. The number of azide groups is 1. The first-order valence-electron chi connectivity index (χ1n) is 6.77. The van der Waals surface area contributed by atoms with E-state index in [1.165, 1.54) is 10.8 Å². The first-order chi connectivity index (χ1) is 10.5. The number of aryl methyl sites for hydroxylation is 1. The van der Waals surface area contributed by atoms with Crippen LogP contribution in [0, 0.1) is 6.92 Å². The van der Waals surface area contributed by atoms with Crippen molar-refractivity contribution in [1.82, 2.24) is 9.13 Å². The van der Waals surface area contributed by atoms with Gasteiger partial charge in [0.1, 0.15) is 12.3 Å². The summed E-state index contributed by atoms with van der Waals surface area (Å²) in [5, 5.41) is 22.2. The third-order valence-corrected chi connectivity index (χ3v) is 3.55. The van der Waals surface area contributed by atoms with E-state index < -0.39 is 29.7 Å². The highest BCUT2D eigenvalue weighted by Gasteiger charge is 2.35. The van der Waals surface area contributed by atoms with Crippen molar-refractivity contribution in [3.8, 4) is 0 Å². The largest absolute Gasteiger partial charge is 0.394 e. The van der Waals surface area contributed by atoms with Gasteiger partial charge in [-0.15, -0.1) is 0 Å². The minimum absolute atomic E-state index is 0.0253. The van der Waals surface area contributed by atoms with E-state index in [0.717, 1.165) is 4.57 Å². The van der Waals surface area contributed by atoms with Crippen LogP contribution in [0.1, 0.15) is 18.2 Å². The Morgan fingerprint density at radius 2 is 2.27 bits per heavy atom. The highest BCUT2D eigenvalue weighted by molar-refractivity contribution is 5.04. The molecule has 0 bridgehead atoms. The highest BCUT2D eigenvalue weighted by Crippen LogP contribution is 2.27. The van der Waals surface area contributed by atoms with Crippen LogP contribution in [0.4, 0.5) is 0 Å². The van der Waals surface area contributed by atoms with E-state index >= 15 is 0 Å². The Morgan fingerprint density at radius 1 is 1.55 bits per heavy atom. The molecular formula is C12H17N5O5. The molecule has 0 aromatic carbocycles. The van der Waals surface area contributed by atoms with Crippen molar-refractivity contribution < 1.29 is 14.9 Å². The van der Waals surface area contributed by atoms with Crippen LogP contribution in [0.2, 0.25) is 0 Å². The molecule has 0 unspecified atom stereocenters. The van der Waals surface area contributed by atoms with E-state index in [4.69, 9.17) is 15.4 Å². The molecule has 0 spiro atoms. The van der Waals surface area contributed by atoms with Gasteiger partial charge in [0.15, 0.2) is 0 Å². The molecule has 2 N–H and O–H groups in total. The zero-order valence-corrected chi connectivity index (χ0v) is 12.0. The number of rotatable bonds is 5. The lowest BCUT2D eigenvalue weighted by molar-refractivity contribution is -0.0463. The lowest BCUT2D eigenvalue weighted by Crippen LogP contribution is -2.42. The number of aromatic nitrogens is 2. The van der Waals surface area contributed by atoms with Crippen LogP contribution in [-0.2, 0) is 11.3 Å². The minimum atomic E-state index is -0.884. The quantitative estimate of drug-likeness (QED) is 0.418. The second-order valence-corrected chi connectivity index (χ2v) is 5.03. The summed E-state index contributed by atoms with van der Waals surface area (Å²) < 4.78 is 7.61. The van der Waals surface area contributed by atoms with Crippen LogP contribution in [0.25, 0.3) is 10.4 Å². The third-order valence-electron chi connectivity index (χ3n) is 3.55. The van der Waals surface area contributed by atoms with Crippen LogP contribution in [0.5, 0.6) is 0 Å². The molecule has 120 valence electrons. The molecule has 0 radical (unpaired) electrons. The molecule has 0 saturated carbocycles. The van der Waals surface area contributed by atoms with Crippen molar-refractivity contribution >= 4 is 0 Å². The Labute approximate surface area is 124 Å². The van der Waals surface area contributed by atoms with Gasteiger partial charge in [-0.3, -0.25) is 13.9 Å². The Hall–Kier alpha value is -2.13. The Bertz CT molecular complexity index is 705. The summed E-state index contributed by atoms with van der Waals surface area (Å²) >= 11 is 0. The molecule has 2 rings (SSSR count). The van der Waals surface area contributed by atoms with Crippen LogP contribution in [0.15, 0.2) is 20.9 Å². The van der Waals surface area contributed by atoms with Crippen molar-refractivity contribution in [2.24, 2.45) is 5.11 Å². The predicted octanol–water partition coefficient (Wildman–Crippen LogP) is -0.731. The Morgan fingerprint density at radius 3 is 2.86 bits per heavy atom. The fraction of sp³-hybridized carbons (Fsp3) is 0.667. The summed E-state index contributed by atoms with van der Waals surface area (Å²) in [5.41, 5.74) is 7.51. The van der Waals surface area contributed by atoms with E-state index in [2.05, 4.69) is 10.0 Å². The van der Waals surface area contributed by atoms with Gasteiger partial charge in [0, 0.05) is 36.2 Å². The zero-order valence-electron chi connectivity index (χ0n) is 12.0. The molecule has 0 aliphatic carbocycles. The fourth-order valence-corrected chi connectivity index (χ4v) is 2.40. The summed E-state index contributed by atoms with van der Waals surface area (Å²) in [6.45, 7) is 1.13. The van der Waals surface area contributed by atoms with E-state index in [1.54, 1.807) is 6.92 Å². The second-order valence-electron chi connectivity index (χ2n) is 5.03. The van der Waals surface area contributed by atoms with E-state index in [0.29, 0.717) is 5.56 Å². The maximum absolute atomic E-state index is 12.4. The third kappa shape index (κ3) is 3.04. The zero-order chi connectivity index (χ0) is 16.3. The number of nitrogens with zero attached hydrogens (tertiary/aromatic N) is 5. The SMILES string of the molecule is Cc1cn([C@H]2C[C@H](O)[C@@H](CO)O2)c(=O)n(CCN=[N+]=[N-])c1=O. The van der Waals surface area contributed by atoms with Gasteiger partial charge >= 0.3 is 5.69 Å². The van der Waals surface area contributed by atoms with Gasteiger partial charge in [-0.05, 0) is 12.5 Å². The molecule has 1 aromatic rings. The molecule has 1 saturated heterocycles.